The highest BCUT2D eigenvalue weighted by atomic mass is 16.5. The van der Waals surface area contributed by atoms with Crippen LogP contribution in [0.1, 0.15) is 29.7 Å². The van der Waals surface area contributed by atoms with Gasteiger partial charge in [-0.05, 0) is 50.1 Å². The van der Waals surface area contributed by atoms with Gasteiger partial charge in [0.1, 0.15) is 11.5 Å². The zero-order valence-corrected chi connectivity index (χ0v) is 15.6. The second kappa shape index (κ2) is 8.94. The van der Waals surface area contributed by atoms with Crippen molar-refractivity contribution in [3.63, 3.8) is 0 Å². The minimum atomic E-state index is -0.316. The molecule has 5 nitrogen and oxygen atoms in total. The van der Waals surface area contributed by atoms with Gasteiger partial charge in [-0.2, -0.15) is 0 Å². The van der Waals surface area contributed by atoms with E-state index in [0.29, 0.717) is 12.2 Å². The molecule has 0 bridgehead atoms. The standard InChI is InChI=1S/C22H23N3O2/c1-16-3-7-19(8-4-16)27-20-9-5-18(6-10-20)11-12-25-22(26)17(2)21-15-23-13-14-24-21/h3-10,13-15,17H,11-12H2,1-2H3,(H,25,26). The zero-order valence-electron chi connectivity index (χ0n) is 15.6. The molecule has 1 aromatic heterocycles. The molecule has 0 radical (unpaired) electrons. The van der Waals surface area contributed by atoms with E-state index >= 15 is 0 Å². The summed E-state index contributed by atoms with van der Waals surface area (Å²) in [7, 11) is 0. The highest BCUT2D eigenvalue weighted by Gasteiger charge is 2.15. The first-order valence-electron chi connectivity index (χ1n) is 8.99. The summed E-state index contributed by atoms with van der Waals surface area (Å²) >= 11 is 0. The molecule has 2 aromatic carbocycles. The Bertz CT molecular complexity index is 862. The molecule has 138 valence electrons. The van der Waals surface area contributed by atoms with Crippen molar-refractivity contribution in [1.29, 1.82) is 0 Å². The van der Waals surface area contributed by atoms with Gasteiger partial charge in [-0.1, -0.05) is 29.8 Å². The fourth-order valence-corrected chi connectivity index (χ4v) is 2.62. The third kappa shape index (κ3) is 5.38. The van der Waals surface area contributed by atoms with Crippen LogP contribution in [0.25, 0.3) is 0 Å². The van der Waals surface area contributed by atoms with Crippen LogP contribution >= 0.6 is 0 Å². The summed E-state index contributed by atoms with van der Waals surface area (Å²) < 4.78 is 5.83. The van der Waals surface area contributed by atoms with Crippen LogP contribution in [-0.4, -0.2) is 22.4 Å². The fourth-order valence-electron chi connectivity index (χ4n) is 2.62. The lowest BCUT2D eigenvalue weighted by atomic mass is 10.1. The van der Waals surface area contributed by atoms with Crippen LogP contribution in [0.15, 0.2) is 67.1 Å². The molecule has 1 amide bonds. The van der Waals surface area contributed by atoms with Crippen LogP contribution in [0.5, 0.6) is 11.5 Å². The van der Waals surface area contributed by atoms with E-state index in [1.54, 1.807) is 18.6 Å². The number of ether oxygens (including phenoxy) is 1. The van der Waals surface area contributed by atoms with Crippen LogP contribution in [0.3, 0.4) is 0 Å². The lowest BCUT2D eigenvalue weighted by Crippen LogP contribution is -2.30. The SMILES string of the molecule is Cc1ccc(Oc2ccc(CCNC(=O)C(C)c3cnccn3)cc2)cc1. The van der Waals surface area contributed by atoms with E-state index in [4.69, 9.17) is 4.74 Å². The number of nitrogens with zero attached hydrogens (tertiary/aromatic N) is 2. The summed E-state index contributed by atoms with van der Waals surface area (Å²) in [5.74, 6) is 1.25. The molecule has 1 heterocycles. The summed E-state index contributed by atoms with van der Waals surface area (Å²) in [6.45, 7) is 4.45. The molecular weight excluding hydrogens is 338 g/mol. The number of carbonyl (C=O) groups is 1. The van der Waals surface area contributed by atoms with E-state index in [-0.39, 0.29) is 11.8 Å². The van der Waals surface area contributed by atoms with Gasteiger partial charge < -0.3 is 10.1 Å². The topological polar surface area (TPSA) is 64.1 Å². The van der Waals surface area contributed by atoms with E-state index in [1.807, 2.05) is 62.4 Å². The predicted molar refractivity (Wildman–Crippen MR) is 105 cm³/mol. The first kappa shape index (κ1) is 18.6. The van der Waals surface area contributed by atoms with E-state index in [1.165, 1.54) is 5.56 Å². The largest absolute Gasteiger partial charge is 0.457 e. The number of hydrogen-bond donors (Lipinski definition) is 1. The first-order valence-corrected chi connectivity index (χ1v) is 8.99. The number of carbonyl (C=O) groups excluding carboxylic acids is 1. The zero-order chi connectivity index (χ0) is 19.1. The Kier molecular flexibility index (Phi) is 6.15. The van der Waals surface area contributed by atoms with Gasteiger partial charge in [0, 0.05) is 25.1 Å². The molecule has 1 N–H and O–H groups in total. The van der Waals surface area contributed by atoms with Crippen molar-refractivity contribution in [2.45, 2.75) is 26.2 Å². The second-order valence-corrected chi connectivity index (χ2v) is 6.45. The highest BCUT2D eigenvalue weighted by Crippen LogP contribution is 2.22. The van der Waals surface area contributed by atoms with E-state index in [9.17, 15) is 4.79 Å². The van der Waals surface area contributed by atoms with Crippen molar-refractivity contribution < 1.29 is 9.53 Å². The number of rotatable bonds is 7. The van der Waals surface area contributed by atoms with Crippen LogP contribution in [0, 0.1) is 6.92 Å². The maximum atomic E-state index is 12.2. The minimum absolute atomic E-state index is 0.0465. The maximum absolute atomic E-state index is 12.2. The van der Waals surface area contributed by atoms with Crippen molar-refractivity contribution in [2.24, 2.45) is 0 Å². The Morgan fingerprint density at radius 3 is 2.33 bits per heavy atom. The molecule has 0 aliphatic heterocycles. The molecule has 3 aromatic rings. The molecule has 5 heteroatoms. The molecule has 0 aliphatic rings. The number of nitrogens with one attached hydrogen (secondary N) is 1. The summed E-state index contributed by atoms with van der Waals surface area (Å²) in [4.78, 5) is 20.4. The quantitative estimate of drug-likeness (QED) is 0.690. The number of benzene rings is 2. The van der Waals surface area contributed by atoms with E-state index in [2.05, 4.69) is 15.3 Å². The Labute approximate surface area is 159 Å². The van der Waals surface area contributed by atoms with Gasteiger partial charge in [0.15, 0.2) is 0 Å². The van der Waals surface area contributed by atoms with Crippen molar-refractivity contribution in [1.82, 2.24) is 15.3 Å². The van der Waals surface area contributed by atoms with E-state index in [0.717, 1.165) is 23.5 Å². The van der Waals surface area contributed by atoms with Crippen molar-refractivity contribution in [3.8, 4) is 11.5 Å². The van der Waals surface area contributed by atoms with Crippen molar-refractivity contribution in [2.75, 3.05) is 6.54 Å². The Hall–Kier alpha value is -3.21. The minimum Gasteiger partial charge on any atom is -0.457 e. The van der Waals surface area contributed by atoms with Gasteiger partial charge in [0.2, 0.25) is 5.91 Å². The molecule has 0 saturated carbocycles. The van der Waals surface area contributed by atoms with Gasteiger partial charge >= 0.3 is 0 Å². The van der Waals surface area contributed by atoms with Gasteiger partial charge in [0.05, 0.1) is 11.6 Å². The highest BCUT2D eigenvalue weighted by molar-refractivity contribution is 5.82. The third-order valence-electron chi connectivity index (χ3n) is 4.31. The monoisotopic (exact) mass is 361 g/mol. The van der Waals surface area contributed by atoms with Crippen LogP contribution in [0.2, 0.25) is 0 Å². The molecule has 27 heavy (non-hydrogen) atoms. The molecular formula is C22H23N3O2. The molecule has 1 atom stereocenters. The molecule has 0 fully saturated rings. The van der Waals surface area contributed by atoms with Gasteiger partial charge in [0.25, 0.3) is 0 Å². The second-order valence-electron chi connectivity index (χ2n) is 6.45. The lowest BCUT2D eigenvalue weighted by molar-refractivity contribution is -0.122. The number of aryl methyl sites for hydroxylation is 1. The first-order chi connectivity index (χ1) is 13.1. The third-order valence-corrected chi connectivity index (χ3v) is 4.31. The summed E-state index contributed by atoms with van der Waals surface area (Å²) in [5.41, 5.74) is 3.01. The molecule has 0 spiro atoms. The predicted octanol–water partition coefficient (Wildman–Crippen LogP) is 4.04. The van der Waals surface area contributed by atoms with Crippen molar-refractivity contribution >= 4 is 5.91 Å². The Balaban J connectivity index is 1.47. The van der Waals surface area contributed by atoms with Gasteiger partial charge in [-0.25, -0.2) is 0 Å². The van der Waals surface area contributed by atoms with E-state index < -0.39 is 0 Å². The smallest absolute Gasteiger partial charge is 0.228 e. The summed E-state index contributed by atoms with van der Waals surface area (Å²) in [6.07, 6.45) is 5.57. The van der Waals surface area contributed by atoms with Crippen molar-refractivity contribution in [3.05, 3.63) is 83.9 Å². The number of amides is 1. The lowest BCUT2D eigenvalue weighted by Gasteiger charge is -2.11. The molecule has 3 rings (SSSR count). The molecule has 0 aliphatic carbocycles. The molecule has 0 saturated heterocycles. The average molecular weight is 361 g/mol. The summed E-state index contributed by atoms with van der Waals surface area (Å²) in [6, 6.07) is 15.9. The Morgan fingerprint density at radius 1 is 1.04 bits per heavy atom. The Morgan fingerprint density at radius 2 is 1.70 bits per heavy atom. The van der Waals surface area contributed by atoms with Gasteiger partial charge in [-0.15, -0.1) is 0 Å². The maximum Gasteiger partial charge on any atom is 0.228 e. The number of aromatic nitrogens is 2. The van der Waals surface area contributed by atoms with Crippen LogP contribution in [0.4, 0.5) is 0 Å². The fraction of sp³-hybridized carbons (Fsp3) is 0.227. The average Bonchev–Trinajstić information content (AvgIpc) is 2.71. The normalized spacial score (nSPS) is 11.6. The number of hydrogen-bond acceptors (Lipinski definition) is 4. The van der Waals surface area contributed by atoms with Crippen LogP contribution in [-0.2, 0) is 11.2 Å². The summed E-state index contributed by atoms with van der Waals surface area (Å²) in [5, 5.41) is 2.95. The molecule has 1 unspecified atom stereocenters. The van der Waals surface area contributed by atoms with Crippen LogP contribution < -0.4 is 10.1 Å². The van der Waals surface area contributed by atoms with Gasteiger partial charge in [-0.3, -0.25) is 14.8 Å².